The lowest BCUT2D eigenvalue weighted by Gasteiger charge is -2.38. The zero-order valence-corrected chi connectivity index (χ0v) is 11.1. The monoisotopic (exact) mass is 264 g/mol. The summed E-state index contributed by atoms with van der Waals surface area (Å²) in [6.45, 7) is 4.84. The van der Waals surface area contributed by atoms with Crippen molar-refractivity contribution in [3.05, 3.63) is 34.7 Å². The van der Waals surface area contributed by atoms with Crippen LogP contribution in [0.25, 0.3) is 0 Å². The summed E-state index contributed by atoms with van der Waals surface area (Å²) in [4.78, 5) is 14.0. The molecule has 0 aliphatic carbocycles. The average Bonchev–Trinajstić information content (AvgIpc) is 2.86. The van der Waals surface area contributed by atoms with Crippen molar-refractivity contribution < 1.29 is 9.47 Å². The molecule has 1 spiro atoms. The van der Waals surface area contributed by atoms with Crippen LogP contribution in [-0.2, 0) is 16.0 Å². The molecule has 0 aromatic carbocycles. The number of nitrogens with zero attached hydrogens (tertiary/aromatic N) is 2. The highest BCUT2D eigenvalue weighted by molar-refractivity contribution is 4.93. The predicted octanol–water partition coefficient (Wildman–Crippen LogP) is 0.687. The molecule has 3 rings (SSSR count). The third-order valence-corrected chi connectivity index (χ3v) is 3.87. The molecule has 1 aromatic rings. The fourth-order valence-corrected chi connectivity index (χ4v) is 2.89. The lowest BCUT2D eigenvalue weighted by atomic mass is 10.0. The second kappa shape index (κ2) is 5.45. The molecule has 0 N–H and O–H groups in total. The van der Waals surface area contributed by atoms with Crippen LogP contribution in [0.1, 0.15) is 12.8 Å². The second-order valence-electron chi connectivity index (χ2n) is 5.22. The van der Waals surface area contributed by atoms with Gasteiger partial charge in [-0.05, 0) is 19.0 Å². The summed E-state index contributed by atoms with van der Waals surface area (Å²) in [7, 11) is 0. The molecule has 3 heterocycles. The second-order valence-corrected chi connectivity index (χ2v) is 5.22. The largest absolute Gasteiger partial charge is 0.346 e. The maximum atomic E-state index is 11.6. The first-order valence-electron chi connectivity index (χ1n) is 6.93. The number of aromatic nitrogens is 1. The summed E-state index contributed by atoms with van der Waals surface area (Å²) in [6.07, 6.45) is 3.91. The molecule has 0 unspecified atom stereocenters. The van der Waals surface area contributed by atoms with Crippen LogP contribution < -0.4 is 5.56 Å². The average molecular weight is 264 g/mol. The minimum atomic E-state index is -0.375. The van der Waals surface area contributed by atoms with Crippen molar-refractivity contribution in [1.82, 2.24) is 9.47 Å². The van der Waals surface area contributed by atoms with Gasteiger partial charge in [0.05, 0.1) is 19.8 Å². The fraction of sp³-hybridized carbons (Fsp3) is 0.643. The molecule has 2 fully saturated rings. The number of piperidine rings is 1. The highest BCUT2D eigenvalue weighted by Gasteiger charge is 2.40. The maximum absolute atomic E-state index is 11.6. The molecule has 5 heteroatoms. The minimum Gasteiger partial charge on any atom is -0.346 e. The Morgan fingerprint density at radius 2 is 2.05 bits per heavy atom. The van der Waals surface area contributed by atoms with E-state index in [1.807, 2.05) is 12.3 Å². The normalized spacial score (nSPS) is 22.9. The number of likely N-dealkylation sites (tertiary alicyclic amines) is 1. The van der Waals surface area contributed by atoms with Crippen molar-refractivity contribution in [2.45, 2.75) is 25.2 Å². The van der Waals surface area contributed by atoms with Gasteiger partial charge in [0.1, 0.15) is 0 Å². The van der Waals surface area contributed by atoms with E-state index >= 15 is 0 Å². The van der Waals surface area contributed by atoms with Gasteiger partial charge in [-0.15, -0.1) is 0 Å². The molecule has 104 valence electrons. The Kier molecular flexibility index (Phi) is 3.68. The van der Waals surface area contributed by atoms with Gasteiger partial charge in [-0.2, -0.15) is 0 Å². The summed E-state index contributed by atoms with van der Waals surface area (Å²) < 4.78 is 13.3. The quantitative estimate of drug-likeness (QED) is 0.805. The van der Waals surface area contributed by atoms with E-state index in [2.05, 4.69) is 4.90 Å². The topological polar surface area (TPSA) is 43.7 Å². The Hall–Kier alpha value is -1.17. The summed E-state index contributed by atoms with van der Waals surface area (Å²) in [5.41, 5.74) is 0.0580. The molecule has 0 radical (unpaired) electrons. The smallest absolute Gasteiger partial charge is 0.250 e. The fourth-order valence-electron chi connectivity index (χ4n) is 2.89. The Balaban J connectivity index is 1.58. The number of hydrogen-bond donors (Lipinski definition) is 0. The van der Waals surface area contributed by atoms with Crippen molar-refractivity contribution in [2.24, 2.45) is 0 Å². The number of rotatable bonds is 3. The van der Waals surface area contributed by atoms with Gasteiger partial charge < -0.3 is 14.0 Å². The van der Waals surface area contributed by atoms with Gasteiger partial charge in [0.2, 0.25) is 0 Å². The SMILES string of the molecule is O=c1ccccn1CCN1CCCC2(C1)OCCO2. The van der Waals surface area contributed by atoms with E-state index in [1.165, 1.54) is 0 Å². The number of ether oxygens (including phenoxy) is 2. The van der Waals surface area contributed by atoms with Crippen LogP contribution in [0.4, 0.5) is 0 Å². The molecule has 1 aromatic heterocycles. The van der Waals surface area contributed by atoms with E-state index in [0.717, 1.165) is 39.0 Å². The molecule has 5 nitrogen and oxygen atoms in total. The van der Waals surface area contributed by atoms with Crippen LogP contribution in [0.15, 0.2) is 29.2 Å². The molecular weight excluding hydrogens is 244 g/mol. The van der Waals surface area contributed by atoms with Crippen molar-refractivity contribution in [3.8, 4) is 0 Å². The number of pyridine rings is 1. The van der Waals surface area contributed by atoms with Crippen LogP contribution in [0.3, 0.4) is 0 Å². The first-order chi connectivity index (χ1) is 9.27. The first-order valence-corrected chi connectivity index (χ1v) is 6.93. The molecular formula is C14H20N2O3. The highest BCUT2D eigenvalue weighted by atomic mass is 16.7. The lowest BCUT2D eigenvalue weighted by Crippen LogP contribution is -2.49. The van der Waals surface area contributed by atoms with Gasteiger partial charge in [-0.1, -0.05) is 6.07 Å². The molecule has 2 aliphatic rings. The van der Waals surface area contributed by atoms with E-state index < -0.39 is 0 Å². The van der Waals surface area contributed by atoms with Crippen molar-refractivity contribution in [2.75, 3.05) is 32.8 Å². The van der Waals surface area contributed by atoms with E-state index in [9.17, 15) is 4.79 Å². The highest BCUT2D eigenvalue weighted by Crippen LogP contribution is 2.29. The van der Waals surface area contributed by atoms with Crippen LogP contribution in [-0.4, -0.2) is 48.1 Å². The molecule has 19 heavy (non-hydrogen) atoms. The van der Waals surface area contributed by atoms with Gasteiger partial charge >= 0.3 is 0 Å². The van der Waals surface area contributed by atoms with Gasteiger partial charge in [-0.3, -0.25) is 9.69 Å². The summed E-state index contributed by atoms with van der Waals surface area (Å²) in [5, 5.41) is 0. The molecule has 0 saturated carbocycles. The summed E-state index contributed by atoms with van der Waals surface area (Å²) in [5.74, 6) is -0.375. The van der Waals surface area contributed by atoms with Gasteiger partial charge in [-0.25, -0.2) is 0 Å². The van der Waals surface area contributed by atoms with Crippen LogP contribution in [0, 0.1) is 0 Å². The first kappa shape index (κ1) is 12.8. The molecule has 2 aliphatic heterocycles. The predicted molar refractivity (Wildman–Crippen MR) is 71.0 cm³/mol. The third kappa shape index (κ3) is 2.88. The molecule has 2 saturated heterocycles. The van der Waals surface area contributed by atoms with Crippen molar-refractivity contribution in [1.29, 1.82) is 0 Å². The van der Waals surface area contributed by atoms with Gasteiger partial charge in [0, 0.05) is 31.8 Å². The van der Waals surface area contributed by atoms with Crippen molar-refractivity contribution >= 4 is 0 Å². The van der Waals surface area contributed by atoms with Crippen LogP contribution in [0.5, 0.6) is 0 Å². The van der Waals surface area contributed by atoms with Crippen LogP contribution in [0.2, 0.25) is 0 Å². The summed E-state index contributed by atoms with van der Waals surface area (Å²) in [6, 6.07) is 5.26. The van der Waals surface area contributed by atoms with E-state index in [1.54, 1.807) is 16.7 Å². The third-order valence-electron chi connectivity index (χ3n) is 3.87. The Bertz CT molecular complexity index is 480. The standard InChI is InChI=1S/C14H20N2O3/c17-13-4-1-2-7-16(13)9-8-15-6-3-5-14(12-15)18-10-11-19-14/h1-2,4,7H,3,5-6,8-12H2. The molecule has 0 bridgehead atoms. The lowest BCUT2D eigenvalue weighted by molar-refractivity contribution is -0.189. The number of hydrogen-bond acceptors (Lipinski definition) is 4. The van der Waals surface area contributed by atoms with Gasteiger partial charge in [0.25, 0.3) is 5.56 Å². The van der Waals surface area contributed by atoms with Crippen LogP contribution >= 0.6 is 0 Å². The van der Waals surface area contributed by atoms with E-state index in [-0.39, 0.29) is 11.3 Å². The minimum absolute atomic E-state index is 0.0580. The Morgan fingerprint density at radius 3 is 2.84 bits per heavy atom. The van der Waals surface area contributed by atoms with E-state index in [4.69, 9.17) is 9.47 Å². The zero-order valence-electron chi connectivity index (χ0n) is 11.1. The molecule has 0 amide bonds. The molecule has 0 atom stereocenters. The van der Waals surface area contributed by atoms with Crippen molar-refractivity contribution in [3.63, 3.8) is 0 Å². The summed E-state index contributed by atoms with van der Waals surface area (Å²) >= 11 is 0. The van der Waals surface area contributed by atoms with E-state index in [0.29, 0.717) is 13.2 Å². The van der Waals surface area contributed by atoms with Gasteiger partial charge in [0.15, 0.2) is 5.79 Å². The maximum Gasteiger partial charge on any atom is 0.250 e. The zero-order chi connectivity index (χ0) is 13.1. The Labute approximate surface area is 112 Å². The Morgan fingerprint density at radius 1 is 1.21 bits per heavy atom.